The predicted molar refractivity (Wildman–Crippen MR) is 122 cm³/mol. The Morgan fingerprint density at radius 1 is 0.320 bits per heavy atom. The molecule has 0 N–H and O–H groups in total. The molecule has 1 atom stereocenters. The zero-order chi connectivity index (χ0) is 18.4. The van der Waals surface area contributed by atoms with Gasteiger partial charge in [-0.15, -0.1) is 7.92 Å². The van der Waals surface area contributed by atoms with Crippen LogP contribution in [0.1, 0.15) is 136 Å². The zero-order valence-electron chi connectivity index (χ0n) is 18.3. The maximum atomic E-state index is 2.33. The molecule has 152 valence electrons. The first-order chi connectivity index (χ1) is 12.3. The molecule has 25 heavy (non-hydrogen) atoms. The second-order valence-electron chi connectivity index (χ2n) is 8.14. The molecule has 0 saturated carbocycles. The first kappa shape index (κ1) is 25.4. The maximum absolute atomic E-state index is 2.33. The molecule has 0 radical (unpaired) electrons. The molecule has 0 bridgehead atoms. The van der Waals surface area contributed by atoms with Gasteiger partial charge in [0.25, 0.3) is 0 Å². The highest BCUT2D eigenvalue weighted by Gasteiger charge is 2.07. The zero-order valence-corrected chi connectivity index (χ0v) is 19.2. The van der Waals surface area contributed by atoms with Crippen molar-refractivity contribution in [2.75, 3.05) is 18.5 Å². The first-order valence-corrected chi connectivity index (χ1v) is 14.0. The summed E-state index contributed by atoms with van der Waals surface area (Å²) in [4.78, 5) is 0. The summed E-state index contributed by atoms with van der Waals surface area (Å²) < 4.78 is 0. The van der Waals surface area contributed by atoms with E-state index in [1.807, 2.05) is 0 Å². The monoisotopic (exact) mass is 370 g/mol. The summed E-state index contributed by atoms with van der Waals surface area (Å²) in [5.74, 6) is 0. The number of hydrogen-bond acceptors (Lipinski definition) is 0. The third kappa shape index (κ3) is 20.6. The van der Waals surface area contributed by atoms with Crippen molar-refractivity contribution in [1.29, 1.82) is 0 Å². The maximum Gasteiger partial charge on any atom is -0.0326 e. The molecule has 0 aliphatic rings. The van der Waals surface area contributed by atoms with E-state index in [9.17, 15) is 0 Å². The number of rotatable bonds is 21. The van der Waals surface area contributed by atoms with Gasteiger partial charge in [0.2, 0.25) is 0 Å². The topological polar surface area (TPSA) is 0 Å². The van der Waals surface area contributed by atoms with E-state index >= 15 is 0 Å². The van der Waals surface area contributed by atoms with E-state index in [1.54, 1.807) is 18.5 Å². The van der Waals surface area contributed by atoms with Gasteiger partial charge in [-0.05, 0) is 37.7 Å². The molecule has 0 spiro atoms. The lowest BCUT2D eigenvalue weighted by atomic mass is 10.1. The predicted octanol–water partition coefficient (Wildman–Crippen LogP) is 9.55. The lowest BCUT2D eigenvalue weighted by Crippen LogP contribution is -1.97. The second-order valence-corrected chi connectivity index (χ2v) is 10.8. The van der Waals surface area contributed by atoms with Crippen LogP contribution in [0, 0.1) is 0 Å². The van der Waals surface area contributed by atoms with Crippen molar-refractivity contribution in [3.05, 3.63) is 0 Å². The molecule has 0 heterocycles. The lowest BCUT2D eigenvalue weighted by Gasteiger charge is -2.18. The molecule has 0 aromatic carbocycles. The SMILES string of the molecule is CCCCCCCCCP(CCCCCCC)CCCCCCCC. The molecule has 1 unspecified atom stereocenters. The average molecular weight is 371 g/mol. The number of hydrogen-bond donors (Lipinski definition) is 0. The minimum atomic E-state index is 0.366. The molecule has 0 aromatic rings. The summed E-state index contributed by atoms with van der Waals surface area (Å²) in [6.45, 7) is 6.96. The standard InChI is InChI=1S/C24H51P/c1-4-7-10-13-15-18-21-24-25(22-19-16-12-9-6-3)23-20-17-14-11-8-5-2/h4-24H2,1-3H3. The highest BCUT2D eigenvalue weighted by Crippen LogP contribution is 2.39. The van der Waals surface area contributed by atoms with Crippen LogP contribution in [0.25, 0.3) is 0 Å². The van der Waals surface area contributed by atoms with Crippen molar-refractivity contribution in [3.63, 3.8) is 0 Å². The van der Waals surface area contributed by atoms with Crippen molar-refractivity contribution in [2.45, 2.75) is 136 Å². The van der Waals surface area contributed by atoms with E-state index in [0.717, 1.165) is 0 Å². The fraction of sp³-hybridized carbons (Fsp3) is 1.00. The third-order valence-corrected chi connectivity index (χ3v) is 8.33. The summed E-state index contributed by atoms with van der Waals surface area (Å²) in [6.07, 6.45) is 31.2. The minimum Gasteiger partial charge on any atom is -0.107 e. The molecular formula is C24H51P. The van der Waals surface area contributed by atoms with Crippen LogP contribution in [0.2, 0.25) is 0 Å². The minimum absolute atomic E-state index is 0.366. The Kier molecular flexibility index (Phi) is 22.9. The molecule has 0 saturated heterocycles. The van der Waals surface area contributed by atoms with E-state index < -0.39 is 0 Å². The summed E-state index contributed by atoms with van der Waals surface area (Å²) in [5.41, 5.74) is 0. The van der Waals surface area contributed by atoms with E-state index in [2.05, 4.69) is 20.8 Å². The van der Waals surface area contributed by atoms with Crippen LogP contribution < -0.4 is 0 Å². The molecule has 0 aromatic heterocycles. The van der Waals surface area contributed by atoms with E-state index in [-0.39, 0.29) is 0 Å². The van der Waals surface area contributed by atoms with E-state index in [1.165, 1.54) is 116 Å². The Morgan fingerprint density at radius 3 is 0.840 bits per heavy atom. The third-order valence-electron chi connectivity index (χ3n) is 5.48. The van der Waals surface area contributed by atoms with Crippen molar-refractivity contribution in [3.8, 4) is 0 Å². The summed E-state index contributed by atoms with van der Waals surface area (Å²) in [6, 6.07) is 0. The van der Waals surface area contributed by atoms with Crippen LogP contribution in [0.15, 0.2) is 0 Å². The largest absolute Gasteiger partial charge is 0.107 e. The highest BCUT2D eigenvalue weighted by atomic mass is 31.1. The van der Waals surface area contributed by atoms with Crippen LogP contribution >= 0.6 is 7.92 Å². The van der Waals surface area contributed by atoms with Gasteiger partial charge in [0.15, 0.2) is 0 Å². The fourth-order valence-electron chi connectivity index (χ4n) is 3.68. The smallest absolute Gasteiger partial charge is 0.0326 e. The van der Waals surface area contributed by atoms with Gasteiger partial charge in [-0.25, -0.2) is 0 Å². The van der Waals surface area contributed by atoms with Gasteiger partial charge in [-0.1, -0.05) is 117 Å². The van der Waals surface area contributed by atoms with Crippen LogP contribution in [-0.4, -0.2) is 18.5 Å². The molecule has 0 aliphatic carbocycles. The molecule has 0 fully saturated rings. The Bertz CT molecular complexity index is 226. The van der Waals surface area contributed by atoms with Crippen molar-refractivity contribution in [1.82, 2.24) is 0 Å². The first-order valence-electron chi connectivity index (χ1n) is 12.1. The Hall–Kier alpha value is 0.430. The molecule has 0 rings (SSSR count). The van der Waals surface area contributed by atoms with Gasteiger partial charge >= 0.3 is 0 Å². The normalized spacial score (nSPS) is 12.6. The van der Waals surface area contributed by atoms with Gasteiger partial charge < -0.3 is 0 Å². The van der Waals surface area contributed by atoms with Crippen molar-refractivity contribution >= 4 is 7.92 Å². The number of unbranched alkanes of at least 4 members (excludes halogenated alkanes) is 15. The van der Waals surface area contributed by atoms with Crippen LogP contribution in [0.5, 0.6) is 0 Å². The highest BCUT2D eigenvalue weighted by molar-refractivity contribution is 7.57. The molecular weight excluding hydrogens is 319 g/mol. The summed E-state index contributed by atoms with van der Waals surface area (Å²) in [7, 11) is 0.366. The fourth-order valence-corrected chi connectivity index (χ4v) is 6.37. The lowest BCUT2D eigenvalue weighted by molar-refractivity contribution is 0.602. The second kappa shape index (κ2) is 22.5. The van der Waals surface area contributed by atoms with Gasteiger partial charge in [-0.2, -0.15) is 0 Å². The van der Waals surface area contributed by atoms with Crippen LogP contribution in [0.4, 0.5) is 0 Å². The average Bonchev–Trinajstić information content (AvgIpc) is 2.62. The summed E-state index contributed by atoms with van der Waals surface area (Å²) in [5, 5.41) is 0. The van der Waals surface area contributed by atoms with Gasteiger partial charge in [0, 0.05) is 0 Å². The van der Waals surface area contributed by atoms with Crippen molar-refractivity contribution < 1.29 is 0 Å². The van der Waals surface area contributed by atoms with Gasteiger partial charge in [0.1, 0.15) is 0 Å². The quantitative estimate of drug-likeness (QED) is 0.139. The Morgan fingerprint density at radius 2 is 0.560 bits per heavy atom. The van der Waals surface area contributed by atoms with Crippen LogP contribution in [-0.2, 0) is 0 Å². The van der Waals surface area contributed by atoms with E-state index in [4.69, 9.17) is 0 Å². The van der Waals surface area contributed by atoms with Gasteiger partial charge in [0.05, 0.1) is 0 Å². The summed E-state index contributed by atoms with van der Waals surface area (Å²) >= 11 is 0. The molecule has 0 amide bonds. The van der Waals surface area contributed by atoms with Crippen LogP contribution in [0.3, 0.4) is 0 Å². The molecule has 0 aliphatic heterocycles. The molecule has 1 heteroatoms. The van der Waals surface area contributed by atoms with E-state index in [0.29, 0.717) is 7.92 Å². The van der Waals surface area contributed by atoms with Crippen molar-refractivity contribution in [2.24, 2.45) is 0 Å². The Balaban J connectivity index is 3.74. The molecule has 0 nitrogen and oxygen atoms in total. The Labute approximate surface area is 163 Å². The van der Waals surface area contributed by atoms with Gasteiger partial charge in [-0.3, -0.25) is 0 Å².